The number of carbonyl (C=O) groups excluding carboxylic acids is 3. The normalized spacial score (nSPS) is 18.4. The van der Waals surface area contributed by atoms with E-state index in [1.165, 1.54) is 12.1 Å². The Morgan fingerprint density at radius 1 is 0.956 bits per heavy atom. The number of benzene rings is 4. The van der Waals surface area contributed by atoms with Gasteiger partial charge in [-0.05, 0) is 58.1 Å². The lowest BCUT2D eigenvalue weighted by atomic mass is 9.99. The van der Waals surface area contributed by atoms with Crippen molar-refractivity contribution in [1.29, 1.82) is 0 Å². The summed E-state index contributed by atoms with van der Waals surface area (Å²) in [5.74, 6) is -0.679. The summed E-state index contributed by atoms with van der Waals surface area (Å²) >= 11 is 0. The number of halogens is 1. The smallest absolute Gasteiger partial charge is 0.332 e. The van der Waals surface area contributed by atoms with Crippen molar-refractivity contribution in [1.82, 2.24) is 25.1 Å². The monoisotopic (exact) mass is 608 g/mol. The van der Waals surface area contributed by atoms with Gasteiger partial charge < -0.3 is 20.9 Å². The lowest BCUT2D eigenvalue weighted by Crippen LogP contribution is -2.66. The fraction of sp³-hybridized carbons (Fsp3) is 0.286. The van der Waals surface area contributed by atoms with E-state index in [9.17, 15) is 18.8 Å². The number of nitrogens with zero attached hydrogens (tertiary/aromatic N) is 4. The second-order valence-corrected chi connectivity index (χ2v) is 11.6. The summed E-state index contributed by atoms with van der Waals surface area (Å²) in [5.41, 5.74) is 9.20. The van der Waals surface area contributed by atoms with Crippen LogP contribution in [0.4, 0.5) is 14.9 Å². The first-order valence-corrected chi connectivity index (χ1v) is 15.3. The summed E-state index contributed by atoms with van der Waals surface area (Å²) in [5, 5.41) is 8.46. The first kappa shape index (κ1) is 30.1. The molecule has 2 heterocycles. The minimum absolute atomic E-state index is 0.0255. The minimum atomic E-state index is -0.745. The van der Waals surface area contributed by atoms with Crippen molar-refractivity contribution >= 4 is 34.3 Å². The van der Waals surface area contributed by atoms with Crippen LogP contribution < -0.4 is 11.1 Å². The van der Waals surface area contributed by atoms with Crippen molar-refractivity contribution < 1.29 is 18.8 Å². The van der Waals surface area contributed by atoms with E-state index >= 15 is 0 Å². The second kappa shape index (κ2) is 13.0. The number of nitrogen functional groups attached to an aromatic ring is 1. The van der Waals surface area contributed by atoms with Gasteiger partial charge in [0.25, 0.3) is 0 Å². The number of fused-ring (bicyclic) bond motifs is 2. The molecule has 2 atom stereocenters. The molecule has 9 nitrogen and oxygen atoms in total. The summed E-state index contributed by atoms with van der Waals surface area (Å²) in [6, 6.07) is 26.3. The number of hydrogen-bond acceptors (Lipinski definition) is 5. The lowest BCUT2D eigenvalue weighted by Gasteiger charge is -2.46. The molecule has 3 N–H and O–H groups in total. The van der Waals surface area contributed by atoms with Crippen LogP contribution in [0.1, 0.15) is 30.0 Å². The molecule has 6 rings (SSSR count). The minimum Gasteiger partial charge on any atom is -0.399 e. The SMILES string of the molecule is CCCN(C(=O)NCc1ccc(F)cc1)N1CC(=O)N2[C@@H](Cc3ccc(N)cc3)C(=O)N(Cc3cccc4ccccc34)C[C@@H]21. The average molecular weight is 609 g/mol. The Morgan fingerprint density at radius 3 is 2.42 bits per heavy atom. The summed E-state index contributed by atoms with van der Waals surface area (Å²) in [6.45, 7) is 3.15. The van der Waals surface area contributed by atoms with Gasteiger partial charge in [-0.1, -0.05) is 73.7 Å². The van der Waals surface area contributed by atoms with Crippen molar-refractivity contribution in [3.8, 4) is 0 Å². The van der Waals surface area contributed by atoms with Crippen LogP contribution in [0.15, 0.2) is 91.0 Å². The van der Waals surface area contributed by atoms with Crippen LogP contribution in [0, 0.1) is 5.82 Å². The standard InChI is InChI=1S/C35H37FN6O3/c1-2-18-40(35(45)38-20-25-10-14-28(36)15-11-25)41-23-33(43)42-31(19-24-12-16-29(37)17-13-24)34(44)39(22-32(41)42)21-27-8-5-7-26-6-3-4-9-30(26)27/h3-17,31-32H,2,18-23,37H2,1H3,(H,38,45)/t31-,32+/m0/s1. The molecule has 2 fully saturated rings. The quantitative estimate of drug-likeness (QED) is 0.272. The first-order chi connectivity index (χ1) is 21.8. The summed E-state index contributed by atoms with van der Waals surface area (Å²) < 4.78 is 13.4. The molecule has 0 bridgehead atoms. The fourth-order valence-electron chi connectivity index (χ4n) is 6.33. The molecule has 0 radical (unpaired) electrons. The van der Waals surface area contributed by atoms with Gasteiger partial charge in [0.05, 0.1) is 13.1 Å². The molecule has 0 aliphatic carbocycles. The van der Waals surface area contributed by atoms with Gasteiger partial charge in [-0.3, -0.25) is 14.6 Å². The molecular weight excluding hydrogens is 571 g/mol. The molecule has 2 aliphatic rings. The number of hydrogen-bond donors (Lipinski definition) is 2. The number of anilines is 1. The topological polar surface area (TPSA) is 102 Å². The molecule has 4 amide bonds. The van der Waals surface area contributed by atoms with Crippen molar-refractivity contribution in [2.24, 2.45) is 0 Å². The summed E-state index contributed by atoms with van der Waals surface area (Å²) in [7, 11) is 0. The molecule has 2 aliphatic heterocycles. The third-order valence-corrected chi connectivity index (χ3v) is 8.55. The number of amides is 4. The first-order valence-electron chi connectivity index (χ1n) is 15.3. The predicted molar refractivity (Wildman–Crippen MR) is 171 cm³/mol. The highest BCUT2D eigenvalue weighted by Gasteiger charge is 2.52. The zero-order chi connectivity index (χ0) is 31.5. The molecule has 0 aromatic heterocycles. The van der Waals surface area contributed by atoms with Gasteiger partial charge in [0.15, 0.2) is 0 Å². The van der Waals surface area contributed by atoms with Gasteiger partial charge in [0, 0.05) is 31.7 Å². The van der Waals surface area contributed by atoms with Crippen LogP contribution in [-0.4, -0.2) is 69.5 Å². The third-order valence-electron chi connectivity index (χ3n) is 8.55. The Morgan fingerprint density at radius 2 is 1.67 bits per heavy atom. The Kier molecular flexibility index (Phi) is 8.66. The summed E-state index contributed by atoms with van der Waals surface area (Å²) in [4.78, 5) is 45.0. The molecule has 45 heavy (non-hydrogen) atoms. The Labute approximate surface area is 262 Å². The van der Waals surface area contributed by atoms with E-state index < -0.39 is 12.2 Å². The van der Waals surface area contributed by atoms with E-state index in [2.05, 4.69) is 11.4 Å². The van der Waals surface area contributed by atoms with Crippen molar-refractivity contribution in [2.75, 3.05) is 25.4 Å². The second-order valence-electron chi connectivity index (χ2n) is 11.6. The largest absolute Gasteiger partial charge is 0.399 e. The molecule has 4 aromatic carbocycles. The summed E-state index contributed by atoms with van der Waals surface area (Å²) in [6.07, 6.45) is 0.452. The number of hydrazine groups is 1. The van der Waals surface area contributed by atoms with E-state index in [0.717, 1.165) is 27.5 Å². The van der Waals surface area contributed by atoms with Crippen LogP contribution in [0.2, 0.25) is 0 Å². The number of piperazine rings is 1. The molecule has 4 aromatic rings. The van der Waals surface area contributed by atoms with Crippen molar-refractivity contribution in [2.45, 2.75) is 45.1 Å². The molecule has 0 unspecified atom stereocenters. The number of urea groups is 1. The van der Waals surface area contributed by atoms with Crippen molar-refractivity contribution in [3.05, 3.63) is 114 Å². The van der Waals surface area contributed by atoms with E-state index in [4.69, 9.17) is 5.73 Å². The van der Waals surface area contributed by atoms with Gasteiger partial charge in [0.1, 0.15) is 18.0 Å². The number of nitrogens with one attached hydrogen (secondary N) is 1. The van der Waals surface area contributed by atoms with Crippen molar-refractivity contribution in [3.63, 3.8) is 0 Å². The highest BCUT2D eigenvalue weighted by Crippen LogP contribution is 2.31. The van der Waals surface area contributed by atoms with Gasteiger partial charge in [-0.15, -0.1) is 0 Å². The van der Waals surface area contributed by atoms with Crippen LogP contribution >= 0.6 is 0 Å². The molecular formula is C35H37FN6O3. The molecule has 232 valence electrons. The van der Waals surface area contributed by atoms with Gasteiger partial charge in [-0.2, -0.15) is 5.01 Å². The molecule has 10 heteroatoms. The van der Waals surface area contributed by atoms with E-state index in [1.54, 1.807) is 39.2 Å². The maximum atomic E-state index is 14.2. The molecule has 0 spiro atoms. The zero-order valence-corrected chi connectivity index (χ0v) is 25.2. The van der Waals surface area contributed by atoms with Gasteiger partial charge in [-0.25, -0.2) is 9.18 Å². The van der Waals surface area contributed by atoms with Crippen LogP contribution in [0.5, 0.6) is 0 Å². The number of rotatable bonds is 9. The maximum Gasteiger partial charge on any atom is 0.332 e. The lowest BCUT2D eigenvalue weighted by molar-refractivity contribution is -0.157. The Bertz CT molecular complexity index is 1690. The van der Waals surface area contributed by atoms with E-state index in [-0.39, 0.29) is 43.3 Å². The number of nitrogens with two attached hydrogens (primary N) is 1. The van der Waals surface area contributed by atoms with Gasteiger partial charge in [0.2, 0.25) is 11.8 Å². The number of carbonyl (C=O) groups is 3. The van der Waals surface area contributed by atoms with E-state index in [0.29, 0.717) is 31.6 Å². The van der Waals surface area contributed by atoms with Crippen LogP contribution in [0.25, 0.3) is 10.8 Å². The van der Waals surface area contributed by atoms with E-state index in [1.807, 2.05) is 60.4 Å². The Balaban J connectivity index is 1.31. The highest BCUT2D eigenvalue weighted by atomic mass is 19.1. The fourth-order valence-corrected chi connectivity index (χ4v) is 6.33. The predicted octanol–water partition coefficient (Wildman–Crippen LogP) is 4.52. The van der Waals surface area contributed by atoms with Crippen LogP contribution in [-0.2, 0) is 29.1 Å². The van der Waals surface area contributed by atoms with Crippen LogP contribution in [0.3, 0.4) is 0 Å². The average Bonchev–Trinajstić information content (AvgIpc) is 3.37. The van der Waals surface area contributed by atoms with Gasteiger partial charge >= 0.3 is 6.03 Å². The maximum absolute atomic E-state index is 14.2. The molecule has 0 saturated carbocycles. The molecule has 2 saturated heterocycles. The Hall–Kier alpha value is -4.96. The third kappa shape index (κ3) is 6.32. The zero-order valence-electron chi connectivity index (χ0n) is 25.2. The highest BCUT2D eigenvalue weighted by molar-refractivity contribution is 5.92.